The zero-order chi connectivity index (χ0) is 31.8. The summed E-state index contributed by atoms with van der Waals surface area (Å²) in [5.74, 6) is -5.86. The van der Waals surface area contributed by atoms with E-state index < -0.39 is 79.4 Å². The molecule has 43 heavy (non-hydrogen) atoms. The number of amides is 2. The highest BCUT2D eigenvalue weighted by Crippen LogP contribution is 2.40. The minimum absolute atomic E-state index is 0.182. The van der Waals surface area contributed by atoms with Gasteiger partial charge in [-0.3, -0.25) is 24.5 Å². The normalized spacial score (nSPS) is 21.3. The Morgan fingerprint density at radius 3 is 2.23 bits per heavy atom. The lowest BCUT2D eigenvalue weighted by Gasteiger charge is -2.29. The van der Waals surface area contributed by atoms with Gasteiger partial charge in [-0.1, -0.05) is 12.8 Å². The molecule has 1 saturated carbocycles. The molecule has 11 nitrogen and oxygen atoms in total. The molecule has 2 aliphatic rings. The van der Waals surface area contributed by atoms with Crippen molar-refractivity contribution in [3.8, 4) is 5.75 Å². The van der Waals surface area contributed by atoms with Crippen molar-refractivity contribution in [2.75, 3.05) is 20.3 Å². The van der Waals surface area contributed by atoms with Gasteiger partial charge in [-0.2, -0.15) is 13.2 Å². The third kappa shape index (κ3) is 9.57. The van der Waals surface area contributed by atoms with Crippen LogP contribution in [0, 0.1) is 17.8 Å². The molecule has 0 radical (unpaired) electrons. The number of Topliss-reactive ketones (excluding diaryl/α,β-unsaturated/α-hetero) is 2. The van der Waals surface area contributed by atoms with Gasteiger partial charge in [-0.15, -0.1) is 0 Å². The third-order valence-corrected chi connectivity index (χ3v) is 7.82. The Labute approximate surface area is 247 Å². The van der Waals surface area contributed by atoms with Crippen molar-refractivity contribution in [1.82, 2.24) is 16.0 Å². The highest BCUT2D eigenvalue weighted by atomic mass is 19.4. The van der Waals surface area contributed by atoms with E-state index in [1.165, 1.54) is 19.2 Å². The number of epoxide rings is 1. The smallest absolute Gasteiger partial charge is 0.394 e. The molecular formula is C29H38F3N3O8. The van der Waals surface area contributed by atoms with Crippen molar-refractivity contribution in [3.05, 3.63) is 29.8 Å². The first-order valence-corrected chi connectivity index (χ1v) is 14.1. The number of aliphatic hydroxyl groups is 1. The van der Waals surface area contributed by atoms with E-state index in [0.717, 1.165) is 12.8 Å². The van der Waals surface area contributed by atoms with Crippen LogP contribution in [0.5, 0.6) is 5.75 Å². The second-order valence-electron chi connectivity index (χ2n) is 11.1. The van der Waals surface area contributed by atoms with E-state index in [0.29, 0.717) is 24.9 Å². The number of benzene rings is 1. The third-order valence-electron chi connectivity index (χ3n) is 7.82. The van der Waals surface area contributed by atoms with Gasteiger partial charge < -0.3 is 30.0 Å². The molecule has 1 heterocycles. The molecule has 1 saturated heterocycles. The Kier molecular flexibility index (Phi) is 11.8. The number of carbonyl (C=O) groups is 5. The highest BCUT2D eigenvalue weighted by Gasteiger charge is 2.55. The van der Waals surface area contributed by atoms with Crippen molar-refractivity contribution in [2.24, 2.45) is 17.8 Å². The molecule has 1 aromatic rings. The van der Waals surface area contributed by atoms with Crippen molar-refractivity contribution < 1.29 is 51.7 Å². The van der Waals surface area contributed by atoms with E-state index in [1.54, 1.807) is 19.1 Å². The standard InChI is InChI=1S/C29H38F3N3O8/c1-28(16-43-28)25(26(40)18-5-3-4-6-18)27(41)35-23(14-21(38)17-7-9-20(42-2)10-8-17)33-22(11-12-36)34-24(39)13-19(15-37)29(30,31)32/h7-10,12,18-19,22-23,25,33,37H,3-6,11,13-16H2,1-2H3,(H,34,39)(H,35,41)/t19?,22-,23+,25+,28+/m1/s1. The van der Waals surface area contributed by atoms with E-state index in [-0.39, 0.29) is 23.9 Å². The first kappa shape index (κ1) is 34.1. The fourth-order valence-electron chi connectivity index (χ4n) is 5.19. The number of rotatable bonds is 17. The van der Waals surface area contributed by atoms with E-state index in [4.69, 9.17) is 14.6 Å². The lowest BCUT2D eigenvalue weighted by atomic mass is 9.82. The summed E-state index contributed by atoms with van der Waals surface area (Å²) in [5, 5.41) is 16.8. The van der Waals surface area contributed by atoms with E-state index in [9.17, 15) is 37.1 Å². The largest absolute Gasteiger partial charge is 0.497 e. The summed E-state index contributed by atoms with van der Waals surface area (Å²) in [7, 11) is 1.46. The lowest BCUT2D eigenvalue weighted by Crippen LogP contribution is -2.58. The monoisotopic (exact) mass is 613 g/mol. The molecule has 0 spiro atoms. The molecule has 0 bridgehead atoms. The van der Waals surface area contributed by atoms with Crippen LogP contribution in [0.4, 0.5) is 13.2 Å². The number of halogens is 3. The van der Waals surface area contributed by atoms with Crippen LogP contribution in [0.3, 0.4) is 0 Å². The number of hydrogen-bond donors (Lipinski definition) is 4. The zero-order valence-corrected chi connectivity index (χ0v) is 24.1. The SMILES string of the molecule is COc1ccc(C(=O)C[C@H](NC(=O)[C@H](C(=O)C2CCCC2)[C@]2(C)CO2)N[C@@H](CC=O)NC(=O)CC(CO)C(F)(F)F)cc1. The average Bonchev–Trinajstić information content (AvgIpc) is 3.43. The first-order chi connectivity index (χ1) is 20.3. The van der Waals surface area contributed by atoms with Crippen molar-refractivity contribution in [2.45, 2.75) is 76.0 Å². The second kappa shape index (κ2) is 14.9. The minimum atomic E-state index is -4.83. The number of nitrogens with one attached hydrogen (secondary N) is 3. The van der Waals surface area contributed by atoms with Gasteiger partial charge in [0.1, 0.15) is 23.6 Å². The predicted octanol–water partition coefficient (Wildman–Crippen LogP) is 2.06. The van der Waals surface area contributed by atoms with Crippen molar-refractivity contribution in [1.29, 1.82) is 0 Å². The molecule has 2 fully saturated rings. The van der Waals surface area contributed by atoms with Crippen LogP contribution in [0.1, 0.15) is 62.2 Å². The maximum atomic E-state index is 13.6. The number of ketones is 2. The van der Waals surface area contributed by atoms with Gasteiger partial charge in [0, 0.05) is 30.7 Å². The molecule has 3 rings (SSSR count). The van der Waals surface area contributed by atoms with Gasteiger partial charge in [0.15, 0.2) is 11.6 Å². The number of aliphatic hydroxyl groups excluding tert-OH is 1. The molecule has 1 aliphatic heterocycles. The molecule has 2 amide bonds. The van der Waals surface area contributed by atoms with Gasteiger partial charge in [-0.05, 0) is 44.0 Å². The molecule has 238 valence electrons. The van der Waals surface area contributed by atoms with E-state index >= 15 is 0 Å². The second-order valence-corrected chi connectivity index (χ2v) is 11.1. The van der Waals surface area contributed by atoms with Gasteiger partial charge in [0.2, 0.25) is 11.8 Å². The molecule has 1 unspecified atom stereocenters. The summed E-state index contributed by atoms with van der Waals surface area (Å²) >= 11 is 0. The maximum Gasteiger partial charge on any atom is 0.394 e. The number of alkyl halides is 3. The summed E-state index contributed by atoms with van der Waals surface area (Å²) in [6, 6.07) is 6.12. The Bertz CT molecular complexity index is 1150. The quantitative estimate of drug-likeness (QED) is 0.0677. The van der Waals surface area contributed by atoms with Crippen LogP contribution < -0.4 is 20.7 Å². The first-order valence-electron chi connectivity index (χ1n) is 14.1. The summed E-state index contributed by atoms with van der Waals surface area (Å²) in [6.45, 7) is 0.513. The minimum Gasteiger partial charge on any atom is -0.497 e. The fraction of sp³-hybridized carbons (Fsp3) is 0.621. The number of methoxy groups -OCH3 is 1. The number of ether oxygens (including phenoxy) is 2. The summed E-state index contributed by atoms with van der Waals surface area (Å²) in [4.78, 5) is 64.0. The Balaban J connectivity index is 1.81. The number of carbonyl (C=O) groups excluding carboxylic acids is 5. The van der Waals surface area contributed by atoms with E-state index in [1.807, 2.05) is 0 Å². The molecule has 1 aromatic carbocycles. The van der Waals surface area contributed by atoms with Crippen LogP contribution >= 0.6 is 0 Å². The van der Waals surface area contributed by atoms with Crippen LogP contribution in [-0.2, 0) is 23.9 Å². The molecule has 0 aromatic heterocycles. The van der Waals surface area contributed by atoms with Gasteiger partial charge in [0.05, 0.1) is 38.6 Å². The Hall–Kier alpha value is -3.36. The topological polar surface area (TPSA) is 163 Å². The Morgan fingerprint density at radius 1 is 1.09 bits per heavy atom. The van der Waals surface area contributed by atoms with Crippen LogP contribution in [0.25, 0.3) is 0 Å². The lowest BCUT2D eigenvalue weighted by molar-refractivity contribution is -0.187. The summed E-state index contributed by atoms with van der Waals surface area (Å²) in [6.07, 6.45) is -5.86. The predicted molar refractivity (Wildman–Crippen MR) is 146 cm³/mol. The average molecular weight is 614 g/mol. The molecule has 14 heteroatoms. The van der Waals surface area contributed by atoms with E-state index in [2.05, 4.69) is 16.0 Å². The van der Waals surface area contributed by atoms with Crippen LogP contribution in [0.2, 0.25) is 0 Å². The molecular weight excluding hydrogens is 575 g/mol. The zero-order valence-electron chi connectivity index (χ0n) is 24.1. The van der Waals surface area contributed by atoms with Gasteiger partial charge >= 0.3 is 6.18 Å². The van der Waals surface area contributed by atoms with Gasteiger partial charge in [0.25, 0.3) is 0 Å². The van der Waals surface area contributed by atoms with Gasteiger partial charge in [-0.25, -0.2) is 0 Å². The Morgan fingerprint density at radius 2 is 1.72 bits per heavy atom. The maximum absolute atomic E-state index is 13.6. The molecule has 4 N–H and O–H groups in total. The highest BCUT2D eigenvalue weighted by molar-refractivity contribution is 6.04. The summed E-state index contributed by atoms with van der Waals surface area (Å²) in [5.41, 5.74) is -0.772. The number of hydrogen-bond acceptors (Lipinski definition) is 9. The summed E-state index contributed by atoms with van der Waals surface area (Å²) < 4.78 is 49.8. The van der Waals surface area contributed by atoms with Crippen molar-refractivity contribution in [3.63, 3.8) is 0 Å². The molecule has 5 atom stereocenters. The van der Waals surface area contributed by atoms with Crippen molar-refractivity contribution >= 4 is 29.7 Å². The fourth-order valence-corrected chi connectivity index (χ4v) is 5.19. The molecule has 1 aliphatic carbocycles. The number of aldehydes is 1. The van der Waals surface area contributed by atoms with Crippen LogP contribution in [-0.4, -0.2) is 79.2 Å². The van der Waals surface area contributed by atoms with Crippen LogP contribution in [0.15, 0.2) is 24.3 Å².